The normalized spacial score (nSPS) is 23.3. The fraction of sp³-hybridized carbons (Fsp3) is 0.429. The first-order valence-electron chi connectivity index (χ1n) is 9.62. The first-order chi connectivity index (χ1) is 13.5. The maximum atomic E-state index is 13.0. The van der Waals surface area contributed by atoms with E-state index in [1.165, 1.54) is 0 Å². The van der Waals surface area contributed by atoms with Gasteiger partial charge in [-0.15, -0.1) is 0 Å². The molecule has 1 aromatic heterocycles. The van der Waals surface area contributed by atoms with Crippen molar-refractivity contribution >= 4 is 23.4 Å². The highest BCUT2D eigenvalue weighted by Gasteiger charge is 2.40. The molecule has 2 aliphatic heterocycles. The maximum absolute atomic E-state index is 13.0. The van der Waals surface area contributed by atoms with Crippen LogP contribution in [0.15, 0.2) is 42.9 Å². The van der Waals surface area contributed by atoms with Gasteiger partial charge in [-0.2, -0.15) is 0 Å². The second-order valence-corrected chi connectivity index (χ2v) is 8.01. The summed E-state index contributed by atoms with van der Waals surface area (Å²) in [4.78, 5) is 37.8. The number of carbonyl (C=O) groups is 2. The number of nitrogens with zero attached hydrogens (tertiary/aromatic N) is 4. The Labute approximate surface area is 169 Å². The molecule has 2 aromatic rings. The molecule has 0 bridgehead atoms. The molecule has 6 nitrogen and oxygen atoms in total. The quantitative estimate of drug-likeness (QED) is 0.793. The second kappa shape index (κ2) is 7.87. The van der Waals surface area contributed by atoms with Gasteiger partial charge in [0.2, 0.25) is 11.8 Å². The minimum Gasteiger partial charge on any atom is -0.342 e. The average Bonchev–Trinajstić information content (AvgIpc) is 3.35. The summed E-state index contributed by atoms with van der Waals surface area (Å²) in [7, 11) is 0. The molecule has 2 amide bonds. The van der Waals surface area contributed by atoms with Crippen LogP contribution in [0.1, 0.15) is 43.0 Å². The Hall–Kier alpha value is -2.47. The molecule has 2 aliphatic rings. The van der Waals surface area contributed by atoms with E-state index in [4.69, 9.17) is 11.6 Å². The van der Waals surface area contributed by atoms with E-state index in [-0.39, 0.29) is 36.1 Å². The number of hydrogen-bond acceptors (Lipinski definition) is 4. The van der Waals surface area contributed by atoms with Crippen molar-refractivity contribution in [2.24, 2.45) is 5.92 Å². The molecule has 2 fully saturated rings. The molecular formula is C21H23ClN4O2. The number of amides is 2. The maximum Gasteiger partial charge on any atom is 0.228 e. The summed E-state index contributed by atoms with van der Waals surface area (Å²) >= 11 is 5.96. The van der Waals surface area contributed by atoms with Gasteiger partial charge in [-0.3, -0.25) is 19.6 Å². The number of likely N-dealkylation sites (tertiary alicyclic amines) is 2. The van der Waals surface area contributed by atoms with Crippen LogP contribution in [0, 0.1) is 5.92 Å². The lowest BCUT2D eigenvalue weighted by atomic mass is 10.1. The topological polar surface area (TPSA) is 66.4 Å². The Morgan fingerprint density at radius 2 is 2.00 bits per heavy atom. The zero-order valence-electron chi connectivity index (χ0n) is 15.8. The van der Waals surface area contributed by atoms with Gasteiger partial charge in [-0.1, -0.05) is 23.7 Å². The van der Waals surface area contributed by atoms with Gasteiger partial charge in [-0.05, 0) is 31.0 Å². The van der Waals surface area contributed by atoms with Crippen LogP contribution < -0.4 is 0 Å². The van der Waals surface area contributed by atoms with Crippen LogP contribution in [0.25, 0.3) is 0 Å². The van der Waals surface area contributed by atoms with Crippen molar-refractivity contribution in [1.29, 1.82) is 0 Å². The highest BCUT2D eigenvalue weighted by molar-refractivity contribution is 6.30. The smallest absolute Gasteiger partial charge is 0.228 e. The molecule has 2 saturated heterocycles. The number of benzene rings is 1. The van der Waals surface area contributed by atoms with Gasteiger partial charge in [0.1, 0.15) is 0 Å². The van der Waals surface area contributed by atoms with Crippen LogP contribution in [0.5, 0.6) is 0 Å². The highest BCUT2D eigenvalue weighted by atomic mass is 35.5. The molecule has 3 atom stereocenters. The number of aromatic nitrogens is 2. The van der Waals surface area contributed by atoms with Gasteiger partial charge >= 0.3 is 0 Å². The largest absolute Gasteiger partial charge is 0.342 e. The van der Waals surface area contributed by atoms with Crippen molar-refractivity contribution < 1.29 is 9.59 Å². The SMILES string of the molecule is C[C@@H](c1ccc(Cl)cc1)N1CC(C(=O)N2CCC(c3cnccn3)C2)CC1=O. The third-order valence-electron chi connectivity index (χ3n) is 5.83. The first kappa shape index (κ1) is 18.9. The number of rotatable bonds is 4. The predicted octanol–water partition coefficient (Wildman–Crippen LogP) is 3.06. The molecule has 146 valence electrons. The van der Waals surface area contributed by atoms with Crippen molar-refractivity contribution in [2.75, 3.05) is 19.6 Å². The lowest BCUT2D eigenvalue weighted by molar-refractivity contribution is -0.134. The lowest BCUT2D eigenvalue weighted by Gasteiger charge is -2.26. The molecule has 7 heteroatoms. The summed E-state index contributed by atoms with van der Waals surface area (Å²) in [5.41, 5.74) is 1.95. The lowest BCUT2D eigenvalue weighted by Crippen LogP contribution is -2.36. The van der Waals surface area contributed by atoms with Crippen molar-refractivity contribution in [2.45, 2.75) is 31.7 Å². The third-order valence-corrected chi connectivity index (χ3v) is 6.08. The van der Waals surface area contributed by atoms with E-state index in [2.05, 4.69) is 9.97 Å². The van der Waals surface area contributed by atoms with Gasteiger partial charge in [0.05, 0.1) is 17.7 Å². The molecule has 1 aromatic carbocycles. The molecule has 0 radical (unpaired) electrons. The zero-order valence-corrected chi connectivity index (χ0v) is 16.5. The minimum absolute atomic E-state index is 0.0328. The van der Waals surface area contributed by atoms with E-state index in [0.29, 0.717) is 24.7 Å². The van der Waals surface area contributed by atoms with Crippen LogP contribution in [-0.4, -0.2) is 51.2 Å². The predicted molar refractivity (Wildman–Crippen MR) is 106 cm³/mol. The van der Waals surface area contributed by atoms with Gasteiger partial charge in [0, 0.05) is 55.6 Å². The molecule has 28 heavy (non-hydrogen) atoms. The number of carbonyl (C=O) groups excluding carboxylic acids is 2. The Kier molecular flexibility index (Phi) is 5.31. The summed E-state index contributed by atoms with van der Waals surface area (Å²) in [5, 5.41) is 0.670. The van der Waals surface area contributed by atoms with E-state index in [0.717, 1.165) is 17.7 Å². The van der Waals surface area contributed by atoms with Gasteiger partial charge in [-0.25, -0.2) is 0 Å². The molecule has 2 unspecified atom stereocenters. The van der Waals surface area contributed by atoms with Crippen molar-refractivity contribution in [3.8, 4) is 0 Å². The van der Waals surface area contributed by atoms with E-state index in [9.17, 15) is 9.59 Å². The Bertz CT molecular complexity index is 858. The molecule has 4 rings (SSSR count). The standard InChI is InChI=1S/C21H23ClN4O2/c1-14(15-2-4-18(22)5-3-15)26-13-17(10-20(26)27)21(28)25-9-6-16(12-25)19-11-23-7-8-24-19/h2-5,7-8,11,14,16-17H,6,9-10,12-13H2,1H3/t14-,16?,17?/m0/s1. The van der Waals surface area contributed by atoms with Gasteiger partial charge in [0.15, 0.2) is 0 Å². The van der Waals surface area contributed by atoms with Crippen LogP contribution in [-0.2, 0) is 9.59 Å². The van der Waals surface area contributed by atoms with Crippen LogP contribution in [0.4, 0.5) is 0 Å². The molecule has 0 spiro atoms. The van der Waals surface area contributed by atoms with Gasteiger partial charge < -0.3 is 9.80 Å². The Morgan fingerprint density at radius 3 is 2.71 bits per heavy atom. The highest BCUT2D eigenvalue weighted by Crippen LogP contribution is 2.32. The van der Waals surface area contributed by atoms with Crippen LogP contribution in [0.3, 0.4) is 0 Å². The molecule has 0 N–H and O–H groups in total. The van der Waals surface area contributed by atoms with Crippen LogP contribution in [0.2, 0.25) is 5.02 Å². The molecule has 0 saturated carbocycles. The summed E-state index contributed by atoms with van der Waals surface area (Å²) in [6.07, 6.45) is 6.28. The van der Waals surface area contributed by atoms with Gasteiger partial charge in [0.25, 0.3) is 0 Å². The first-order valence-corrected chi connectivity index (χ1v) is 10.0. The monoisotopic (exact) mass is 398 g/mol. The Balaban J connectivity index is 1.40. The number of halogens is 1. The van der Waals surface area contributed by atoms with E-state index in [1.54, 1.807) is 18.6 Å². The fourth-order valence-corrected chi connectivity index (χ4v) is 4.30. The van der Waals surface area contributed by atoms with Crippen molar-refractivity contribution in [3.63, 3.8) is 0 Å². The third kappa shape index (κ3) is 3.74. The second-order valence-electron chi connectivity index (χ2n) is 7.57. The fourth-order valence-electron chi connectivity index (χ4n) is 4.17. The van der Waals surface area contributed by atoms with E-state index >= 15 is 0 Å². The minimum atomic E-state index is -0.275. The summed E-state index contributed by atoms with van der Waals surface area (Å²) < 4.78 is 0. The zero-order chi connectivity index (χ0) is 19.7. The van der Waals surface area contributed by atoms with E-state index in [1.807, 2.05) is 41.0 Å². The average molecular weight is 399 g/mol. The summed E-state index contributed by atoms with van der Waals surface area (Å²) in [6, 6.07) is 7.44. The van der Waals surface area contributed by atoms with Crippen LogP contribution >= 0.6 is 11.6 Å². The summed E-state index contributed by atoms with van der Waals surface area (Å²) in [6.45, 7) is 3.81. The Morgan fingerprint density at radius 1 is 1.21 bits per heavy atom. The molecule has 0 aliphatic carbocycles. The van der Waals surface area contributed by atoms with E-state index < -0.39 is 0 Å². The summed E-state index contributed by atoms with van der Waals surface area (Å²) in [5.74, 6) is 0.0534. The molecular weight excluding hydrogens is 376 g/mol. The number of hydrogen-bond donors (Lipinski definition) is 0. The van der Waals surface area contributed by atoms with Crippen molar-refractivity contribution in [3.05, 3.63) is 59.1 Å². The molecule has 3 heterocycles. The van der Waals surface area contributed by atoms with Crippen molar-refractivity contribution in [1.82, 2.24) is 19.8 Å².